The average molecular weight is 289 g/mol. The van der Waals surface area contributed by atoms with Crippen LogP contribution in [-0.2, 0) is 10.0 Å². The summed E-state index contributed by atoms with van der Waals surface area (Å²) < 4.78 is 37.7. The topological polar surface area (TPSA) is 71.1 Å². The summed E-state index contributed by atoms with van der Waals surface area (Å²) in [5.74, 6) is -0.295. The molecule has 0 spiro atoms. The first-order valence-electron chi connectivity index (χ1n) is 5.19. The molecule has 1 aromatic carbocycles. The Morgan fingerprint density at radius 2 is 2.17 bits per heavy atom. The molecule has 0 aliphatic rings. The van der Waals surface area contributed by atoms with Crippen LogP contribution in [0, 0.1) is 5.82 Å². The Kier molecular flexibility index (Phi) is 3.79. The number of hydrogen-bond donors (Lipinski definition) is 2. The number of anilines is 1. The second kappa shape index (κ2) is 5.17. The van der Waals surface area contributed by atoms with E-state index in [1.807, 2.05) is 0 Å². The summed E-state index contributed by atoms with van der Waals surface area (Å²) in [5.41, 5.74) is 0.722. The molecule has 1 aromatic heterocycles. The highest BCUT2D eigenvalue weighted by Crippen LogP contribution is 2.26. The van der Waals surface area contributed by atoms with Crippen LogP contribution >= 0.6 is 11.3 Å². The zero-order chi connectivity index (χ0) is 13.2. The molecule has 0 amide bonds. The van der Waals surface area contributed by atoms with Crippen molar-refractivity contribution < 1.29 is 12.8 Å². The number of thiazole rings is 1. The molecule has 98 valence electrons. The molecule has 1 heterocycles. The molecule has 0 bridgehead atoms. The van der Waals surface area contributed by atoms with Crippen molar-refractivity contribution in [2.24, 2.45) is 0 Å². The minimum Gasteiger partial charge on any atom is -0.360 e. The van der Waals surface area contributed by atoms with Gasteiger partial charge < -0.3 is 5.32 Å². The van der Waals surface area contributed by atoms with Gasteiger partial charge in [0.15, 0.2) is 5.13 Å². The smallest absolute Gasteiger partial charge is 0.208 e. The number of halogens is 1. The lowest BCUT2D eigenvalue weighted by Gasteiger charge is -2.02. The minimum absolute atomic E-state index is 0.281. The lowest BCUT2D eigenvalue weighted by atomic mass is 10.3. The molecule has 0 saturated carbocycles. The molecule has 0 fully saturated rings. The van der Waals surface area contributed by atoms with E-state index in [1.54, 1.807) is 6.07 Å². The van der Waals surface area contributed by atoms with Gasteiger partial charge in [-0.05, 0) is 18.2 Å². The van der Waals surface area contributed by atoms with Crippen molar-refractivity contribution in [3.63, 3.8) is 0 Å². The van der Waals surface area contributed by atoms with Gasteiger partial charge in [-0.1, -0.05) is 11.3 Å². The van der Waals surface area contributed by atoms with Gasteiger partial charge in [-0.15, -0.1) is 0 Å². The highest BCUT2D eigenvalue weighted by molar-refractivity contribution is 7.88. The normalized spacial score (nSPS) is 11.9. The molecular formula is C10H12FN3O2S2. The summed E-state index contributed by atoms with van der Waals surface area (Å²) in [6.45, 7) is 0.707. The third kappa shape index (κ3) is 3.62. The van der Waals surface area contributed by atoms with Crippen LogP contribution < -0.4 is 10.0 Å². The Morgan fingerprint density at radius 1 is 1.39 bits per heavy atom. The molecule has 18 heavy (non-hydrogen) atoms. The summed E-state index contributed by atoms with van der Waals surface area (Å²) in [6, 6.07) is 4.39. The van der Waals surface area contributed by atoms with Crippen LogP contribution in [-0.4, -0.2) is 32.7 Å². The monoisotopic (exact) mass is 289 g/mol. The Bertz CT molecular complexity index is 654. The minimum atomic E-state index is -3.17. The van der Waals surface area contributed by atoms with Crippen molar-refractivity contribution in [3.8, 4) is 0 Å². The summed E-state index contributed by atoms with van der Waals surface area (Å²) in [4.78, 5) is 4.25. The highest BCUT2D eigenvalue weighted by Gasteiger charge is 2.04. The quantitative estimate of drug-likeness (QED) is 0.816. The van der Waals surface area contributed by atoms with Gasteiger partial charge in [0.1, 0.15) is 5.82 Å². The standard InChI is InChI=1S/C10H12FN3O2S2/c1-18(15,16)13-5-4-12-10-14-8-3-2-7(11)6-9(8)17-10/h2-3,6,13H,4-5H2,1H3,(H,12,14). The molecule has 5 nitrogen and oxygen atoms in total. The van der Waals surface area contributed by atoms with Gasteiger partial charge in [0.25, 0.3) is 0 Å². The fourth-order valence-electron chi connectivity index (χ4n) is 1.38. The summed E-state index contributed by atoms with van der Waals surface area (Å²) in [6.07, 6.45) is 1.10. The fourth-order valence-corrected chi connectivity index (χ4v) is 2.77. The largest absolute Gasteiger partial charge is 0.360 e. The maximum atomic E-state index is 13.0. The van der Waals surface area contributed by atoms with E-state index in [2.05, 4.69) is 15.0 Å². The SMILES string of the molecule is CS(=O)(=O)NCCNc1nc2ccc(F)cc2s1. The number of fused-ring (bicyclic) bond motifs is 1. The maximum Gasteiger partial charge on any atom is 0.208 e. The molecule has 0 atom stereocenters. The Labute approximate surface area is 108 Å². The number of nitrogens with one attached hydrogen (secondary N) is 2. The molecule has 0 aliphatic carbocycles. The molecule has 2 rings (SSSR count). The number of sulfonamides is 1. The summed E-state index contributed by atoms with van der Waals surface area (Å²) >= 11 is 1.33. The first-order chi connectivity index (χ1) is 8.44. The van der Waals surface area contributed by atoms with E-state index in [-0.39, 0.29) is 12.4 Å². The van der Waals surface area contributed by atoms with Gasteiger partial charge in [-0.3, -0.25) is 0 Å². The van der Waals surface area contributed by atoms with Gasteiger partial charge >= 0.3 is 0 Å². The van der Waals surface area contributed by atoms with E-state index in [4.69, 9.17) is 0 Å². The van der Waals surface area contributed by atoms with E-state index in [9.17, 15) is 12.8 Å². The van der Waals surface area contributed by atoms with Gasteiger partial charge in [0.2, 0.25) is 10.0 Å². The van der Waals surface area contributed by atoms with Crippen LogP contribution in [0.15, 0.2) is 18.2 Å². The molecule has 0 saturated heterocycles. The lowest BCUT2D eigenvalue weighted by Crippen LogP contribution is -2.27. The molecule has 0 radical (unpaired) electrons. The molecule has 8 heteroatoms. The number of nitrogens with zero attached hydrogens (tertiary/aromatic N) is 1. The fraction of sp³-hybridized carbons (Fsp3) is 0.300. The van der Waals surface area contributed by atoms with Crippen LogP contribution in [0.1, 0.15) is 0 Å². The number of rotatable bonds is 5. The predicted octanol–water partition coefficient (Wildman–Crippen LogP) is 1.40. The van der Waals surface area contributed by atoms with Gasteiger partial charge in [0.05, 0.1) is 16.5 Å². The maximum absolute atomic E-state index is 13.0. The number of aromatic nitrogens is 1. The van der Waals surface area contributed by atoms with Crippen molar-refractivity contribution in [1.82, 2.24) is 9.71 Å². The van der Waals surface area contributed by atoms with E-state index in [0.29, 0.717) is 11.7 Å². The van der Waals surface area contributed by atoms with Crippen LogP contribution in [0.3, 0.4) is 0 Å². The van der Waals surface area contributed by atoms with Crippen LogP contribution in [0.4, 0.5) is 9.52 Å². The zero-order valence-electron chi connectivity index (χ0n) is 9.60. The third-order valence-electron chi connectivity index (χ3n) is 2.12. The predicted molar refractivity (Wildman–Crippen MR) is 70.9 cm³/mol. The Balaban J connectivity index is 1.96. The molecule has 2 N–H and O–H groups in total. The van der Waals surface area contributed by atoms with Crippen molar-refractivity contribution in [1.29, 1.82) is 0 Å². The van der Waals surface area contributed by atoms with Crippen LogP contribution in [0.25, 0.3) is 10.2 Å². The lowest BCUT2D eigenvalue weighted by molar-refractivity contribution is 0.589. The summed E-state index contributed by atoms with van der Waals surface area (Å²) in [5, 5.41) is 3.63. The van der Waals surface area contributed by atoms with Crippen molar-refractivity contribution in [2.75, 3.05) is 24.7 Å². The Hall–Kier alpha value is -1.25. The zero-order valence-corrected chi connectivity index (χ0v) is 11.2. The van der Waals surface area contributed by atoms with Crippen molar-refractivity contribution in [2.45, 2.75) is 0 Å². The third-order valence-corrected chi connectivity index (χ3v) is 3.82. The first kappa shape index (κ1) is 13.2. The average Bonchev–Trinajstić information content (AvgIpc) is 2.65. The van der Waals surface area contributed by atoms with Gasteiger partial charge in [-0.2, -0.15) is 0 Å². The molecule has 0 unspecified atom stereocenters. The van der Waals surface area contributed by atoms with Gasteiger partial charge in [0, 0.05) is 13.1 Å². The number of hydrogen-bond acceptors (Lipinski definition) is 5. The second-order valence-corrected chi connectivity index (χ2v) is 6.59. The molecule has 0 aliphatic heterocycles. The van der Waals surface area contributed by atoms with Crippen LogP contribution in [0.2, 0.25) is 0 Å². The molecule has 2 aromatic rings. The first-order valence-corrected chi connectivity index (χ1v) is 7.89. The van der Waals surface area contributed by atoms with Crippen molar-refractivity contribution in [3.05, 3.63) is 24.0 Å². The number of benzene rings is 1. The Morgan fingerprint density at radius 3 is 2.89 bits per heavy atom. The molecular weight excluding hydrogens is 277 g/mol. The van der Waals surface area contributed by atoms with E-state index < -0.39 is 10.0 Å². The van der Waals surface area contributed by atoms with Gasteiger partial charge in [-0.25, -0.2) is 22.5 Å². The van der Waals surface area contributed by atoms with E-state index in [0.717, 1.165) is 16.5 Å². The second-order valence-electron chi connectivity index (χ2n) is 3.72. The summed E-state index contributed by atoms with van der Waals surface area (Å²) in [7, 11) is -3.17. The van der Waals surface area contributed by atoms with E-state index >= 15 is 0 Å². The van der Waals surface area contributed by atoms with Crippen molar-refractivity contribution >= 4 is 36.7 Å². The van der Waals surface area contributed by atoms with Crippen LogP contribution in [0.5, 0.6) is 0 Å². The highest BCUT2D eigenvalue weighted by atomic mass is 32.2. The van der Waals surface area contributed by atoms with E-state index in [1.165, 1.54) is 23.5 Å².